The molecular weight excluding hydrogens is 526 g/mol. The van der Waals surface area contributed by atoms with Gasteiger partial charge >= 0.3 is 11.9 Å². The van der Waals surface area contributed by atoms with Crippen LogP contribution in [0.15, 0.2) is 59.0 Å². The van der Waals surface area contributed by atoms with Crippen LogP contribution in [0, 0.1) is 0 Å². The minimum Gasteiger partial charge on any atom is -0.497 e. The van der Waals surface area contributed by atoms with Gasteiger partial charge in [-0.1, -0.05) is 34.1 Å². The lowest BCUT2D eigenvalue weighted by molar-refractivity contribution is -0.146. The van der Waals surface area contributed by atoms with E-state index < -0.39 is 22.0 Å². The van der Waals surface area contributed by atoms with E-state index in [-0.39, 0.29) is 29.0 Å². The number of halogens is 1. The molecule has 0 atom stereocenters. The highest BCUT2D eigenvalue weighted by molar-refractivity contribution is 9.08. The van der Waals surface area contributed by atoms with Crippen LogP contribution in [0.1, 0.15) is 25.1 Å². The molecule has 0 saturated heterocycles. The highest BCUT2D eigenvalue weighted by atomic mass is 79.9. The number of benzene rings is 2. The van der Waals surface area contributed by atoms with Crippen LogP contribution in [0.3, 0.4) is 0 Å². The molecule has 0 unspecified atom stereocenters. The Morgan fingerprint density at radius 1 is 1.00 bits per heavy atom. The molecular formula is C24H24BrNO7S. The summed E-state index contributed by atoms with van der Waals surface area (Å²) in [7, 11) is -2.53. The van der Waals surface area contributed by atoms with Gasteiger partial charge in [0.05, 0.1) is 36.4 Å². The number of carbonyl (C=O) groups excluding carboxylic acids is 2. The first-order chi connectivity index (χ1) is 16.3. The van der Waals surface area contributed by atoms with Crippen molar-refractivity contribution in [3.05, 3.63) is 65.4 Å². The molecule has 0 N–H and O–H groups in total. The first-order valence-corrected chi connectivity index (χ1v) is 13.0. The Morgan fingerprint density at radius 3 is 2.15 bits per heavy atom. The molecule has 0 spiro atoms. The van der Waals surface area contributed by atoms with Crippen molar-refractivity contribution in [3.63, 3.8) is 0 Å². The lowest BCUT2D eigenvalue weighted by Crippen LogP contribution is -2.18. The van der Waals surface area contributed by atoms with Gasteiger partial charge in [-0.25, -0.2) is 22.0 Å². The zero-order chi connectivity index (χ0) is 24.9. The molecule has 180 valence electrons. The number of methoxy groups -OCH3 is 1. The average molecular weight is 550 g/mol. The number of esters is 2. The van der Waals surface area contributed by atoms with Crippen LogP contribution in [0.5, 0.6) is 5.75 Å². The second-order valence-corrected chi connectivity index (χ2v) is 9.31. The number of rotatable bonds is 9. The van der Waals surface area contributed by atoms with Crippen LogP contribution in [0.4, 0.5) is 0 Å². The van der Waals surface area contributed by atoms with Crippen LogP contribution in [0.25, 0.3) is 17.0 Å². The van der Waals surface area contributed by atoms with Gasteiger partial charge in [0.1, 0.15) is 11.3 Å². The topological polar surface area (TPSA) is 101 Å². The number of fused-ring (bicyclic) bond motifs is 1. The zero-order valence-corrected chi connectivity index (χ0v) is 21.3. The Balaban J connectivity index is 2.41. The molecule has 0 aliphatic carbocycles. The smallest absolute Gasteiger partial charge is 0.345 e. The molecule has 0 fully saturated rings. The molecule has 0 aliphatic rings. The third-order valence-electron chi connectivity index (χ3n) is 4.96. The highest BCUT2D eigenvalue weighted by Gasteiger charge is 2.28. The first-order valence-electron chi connectivity index (χ1n) is 10.4. The summed E-state index contributed by atoms with van der Waals surface area (Å²) in [6.07, 6.45) is 1.31. The lowest BCUT2D eigenvalue weighted by Gasteiger charge is -2.11. The molecule has 34 heavy (non-hydrogen) atoms. The fourth-order valence-electron chi connectivity index (χ4n) is 3.47. The fraction of sp³-hybridized carbons (Fsp3) is 0.250. The monoisotopic (exact) mass is 549 g/mol. The van der Waals surface area contributed by atoms with E-state index in [9.17, 15) is 18.0 Å². The van der Waals surface area contributed by atoms with Gasteiger partial charge in [-0.2, -0.15) is 0 Å². The second kappa shape index (κ2) is 10.9. The van der Waals surface area contributed by atoms with E-state index in [4.69, 9.17) is 14.2 Å². The number of carbonyl (C=O) groups is 2. The quantitative estimate of drug-likeness (QED) is 0.129. The lowest BCUT2D eigenvalue weighted by atomic mass is 10.1. The normalized spacial score (nSPS) is 11.2. The summed E-state index contributed by atoms with van der Waals surface area (Å²) in [6.45, 7) is 3.35. The van der Waals surface area contributed by atoms with Crippen molar-refractivity contribution >= 4 is 54.9 Å². The Kier molecular flexibility index (Phi) is 8.16. The van der Waals surface area contributed by atoms with Crippen LogP contribution < -0.4 is 4.74 Å². The molecule has 0 saturated carbocycles. The van der Waals surface area contributed by atoms with Gasteiger partial charge in [0.2, 0.25) is 0 Å². The third kappa shape index (κ3) is 4.88. The summed E-state index contributed by atoms with van der Waals surface area (Å²) in [6, 6.07) is 12.9. The number of hydrogen-bond acceptors (Lipinski definition) is 7. The standard InChI is InChI=1S/C24H24BrNO7S/c1-4-32-23(27)20(24(28)33-5-2)14-19-18-13-16(31-3)11-12-21(18)26(22(19)15-25)34(29,30)17-9-7-6-8-10-17/h6-14H,4-5,15H2,1-3H3. The summed E-state index contributed by atoms with van der Waals surface area (Å²) in [4.78, 5) is 25.3. The van der Waals surface area contributed by atoms with E-state index >= 15 is 0 Å². The van der Waals surface area contributed by atoms with E-state index in [0.717, 1.165) is 0 Å². The van der Waals surface area contributed by atoms with Crippen molar-refractivity contribution in [2.24, 2.45) is 0 Å². The van der Waals surface area contributed by atoms with E-state index in [1.54, 1.807) is 50.2 Å². The fourth-order valence-corrected chi connectivity index (χ4v) is 5.77. The molecule has 0 bridgehead atoms. The van der Waals surface area contributed by atoms with Crippen molar-refractivity contribution in [2.45, 2.75) is 24.1 Å². The van der Waals surface area contributed by atoms with Gasteiger partial charge < -0.3 is 14.2 Å². The summed E-state index contributed by atoms with van der Waals surface area (Å²) in [5, 5.41) is 0.584. The summed E-state index contributed by atoms with van der Waals surface area (Å²) < 4.78 is 44.0. The Morgan fingerprint density at radius 2 is 1.62 bits per heavy atom. The second-order valence-electron chi connectivity index (χ2n) is 6.96. The molecule has 8 nitrogen and oxygen atoms in total. The van der Waals surface area contributed by atoms with Crippen molar-refractivity contribution < 1.29 is 32.2 Å². The highest BCUT2D eigenvalue weighted by Crippen LogP contribution is 2.35. The summed E-state index contributed by atoms with van der Waals surface area (Å²) in [5.41, 5.74) is 0.682. The van der Waals surface area contributed by atoms with E-state index in [2.05, 4.69) is 15.9 Å². The molecule has 2 aromatic carbocycles. The van der Waals surface area contributed by atoms with E-state index in [1.165, 1.54) is 29.3 Å². The predicted molar refractivity (Wildman–Crippen MR) is 131 cm³/mol. The maximum Gasteiger partial charge on any atom is 0.345 e. The Hall–Kier alpha value is -3.11. The number of aromatic nitrogens is 1. The summed E-state index contributed by atoms with van der Waals surface area (Å²) >= 11 is 3.39. The van der Waals surface area contributed by atoms with Gasteiger partial charge in [-0.15, -0.1) is 0 Å². The summed E-state index contributed by atoms with van der Waals surface area (Å²) in [5.74, 6) is -1.25. The van der Waals surface area contributed by atoms with Gasteiger partial charge in [-0.3, -0.25) is 0 Å². The van der Waals surface area contributed by atoms with E-state index in [1.807, 2.05) is 0 Å². The largest absolute Gasteiger partial charge is 0.497 e. The Labute approximate surface area is 206 Å². The molecule has 0 amide bonds. The van der Waals surface area contributed by atoms with Crippen molar-refractivity contribution in [3.8, 4) is 5.75 Å². The molecule has 3 rings (SSSR count). The minimum absolute atomic E-state index is 0.0544. The van der Waals surface area contributed by atoms with Crippen LogP contribution in [-0.4, -0.2) is 44.7 Å². The molecule has 1 aromatic heterocycles. The minimum atomic E-state index is -4.02. The molecule has 3 aromatic rings. The number of alkyl halides is 1. The number of hydrogen-bond donors (Lipinski definition) is 0. The third-order valence-corrected chi connectivity index (χ3v) is 7.25. The van der Waals surface area contributed by atoms with Crippen molar-refractivity contribution in [2.75, 3.05) is 20.3 Å². The number of nitrogens with zero attached hydrogens (tertiary/aromatic N) is 1. The van der Waals surface area contributed by atoms with Gasteiger partial charge in [-0.05, 0) is 50.3 Å². The van der Waals surface area contributed by atoms with E-state index in [0.29, 0.717) is 27.9 Å². The number of ether oxygens (including phenoxy) is 3. The maximum atomic E-state index is 13.7. The van der Waals surface area contributed by atoms with Gasteiger partial charge in [0.15, 0.2) is 0 Å². The zero-order valence-electron chi connectivity index (χ0n) is 18.9. The molecule has 0 aliphatic heterocycles. The average Bonchev–Trinajstić information content (AvgIpc) is 3.16. The maximum absolute atomic E-state index is 13.7. The molecule has 0 radical (unpaired) electrons. The van der Waals surface area contributed by atoms with Crippen molar-refractivity contribution in [1.29, 1.82) is 0 Å². The van der Waals surface area contributed by atoms with Crippen LogP contribution in [-0.2, 0) is 34.4 Å². The molecule has 10 heteroatoms. The SMILES string of the molecule is CCOC(=O)C(=Cc1c(CBr)n(S(=O)(=O)c2ccccc2)c2ccc(OC)cc12)C(=O)OCC. The van der Waals surface area contributed by atoms with Crippen LogP contribution in [0.2, 0.25) is 0 Å². The van der Waals surface area contributed by atoms with Gasteiger partial charge in [0.25, 0.3) is 10.0 Å². The van der Waals surface area contributed by atoms with Crippen LogP contribution >= 0.6 is 15.9 Å². The van der Waals surface area contributed by atoms with Crippen molar-refractivity contribution in [1.82, 2.24) is 3.97 Å². The molecule has 1 heterocycles. The Bertz CT molecular complexity index is 1320. The predicted octanol–water partition coefficient (Wildman–Crippen LogP) is 4.29. The first kappa shape index (κ1) is 25.5. The van der Waals surface area contributed by atoms with Gasteiger partial charge in [0, 0.05) is 16.3 Å².